The van der Waals surface area contributed by atoms with Gasteiger partial charge >= 0.3 is 0 Å². The van der Waals surface area contributed by atoms with Crippen LogP contribution >= 0.6 is 0 Å². The Kier molecular flexibility index (Phi) is 8.04. The Labute approximate surface area is 223 Å². The minimum atomic E-state index is -0.433. The summed E-state index contributed by atoms with van der Waals surface area (Å²) in [6.45, 7) is 4.53. The van der Waals surface area contributed by atoms with Crippen LogP contribution in [0.5, 0.6) is 5.88 Å². The summed E-state index contributed by atoms with van der Waals surface area (Å²) in [5.41, 5.74) is 2.54. The largest absolute Gasteiger partial charge is 0.480 e. The number of nitrogens with zero attached hydrogens (tertiary/aromatic N) is 2. The fourth-order valence-corrected chi connectivity index (χ4v) is 5.50. The van der Waals surface area contributed by atoms with Gasteiger partial charge < -0.3 is 25.1 Å². The molecule has 1 saturated heterocycles. The number of imidazole rings is 1. The third-order valence-electron chi connectivity index (χ3n) is 7.94. The van der Waals surface area contributed by atoms with E-state index in [9.17, 15) is 9.59 Å². The van der Waals surface area contributed by atoms with E-state index < -0.39 is 6.04 Å². The fourth-order valence-electron chi connectivity index (χ4n) is 5.50. The summed E-state index contributed by atoms with van der Waals surface area (Å²) in [5, 5.41) is 7.60. The van der Waals surface area contributed by atoms with Crippen LogP contribution in [0.2, 0.25) is 0 Å². The molecule has 3 N–H and O–H groups in total. The van der Waals surface area contributed by atoms with Crippen molar-refractivity contribution in [3.05, 3.63) is 42.4 Å². The molecule has 0 radical (unpaired) electrons. The van der Waals surface area contributed by atoms with E-state index in [1.807, 2.05) is 37.3 Å². The Hall–Kier alpha value is -3.30. The van der Waals surface area contributed by atoms with E-state index in [0.717, 1.165) is 54.5 Å². The highest BCUT2D eigenvalue weighted by Crippen LogP contribution is 2.58. The number of aromatic nitrogens is 3. The average Bonchev–Trinajstić information content (AvgIpc) is 3.40. The lowest BCUT2D eigenvalue weighted by molar-refractivity contribution is -0.124. The number of ether oxygens (including phenoxy) is 2. The molecule has 0 unspecified atom stereocenters. The molecule has 2 aromatic heterocycles. The summed E-state index contributed by atoms with van der Waals surface area (Å²) in [4.78, 5) is 37.6. The number of amides is 1. The number of hydrogen-bond acceptors (Lipinski definition) is 7. The first kappa shape index (κ1) is 26.3. The molecule has 3 heterocycles. The van der Waals surface area contributed by atoms with Crippen molar-refractivity contribution in [2.45, 2.75) is 51.5 Å². The van der Waals surface area contributed by atoms with E-state index in [-0.39, 0.29) is 29.6 Å². The van der Waals surface area contributed by atoms with Crippen molar-refractivity contribution in [1.82, 2.24) is 25.6 Å². The molecule has 1 saturated carbocycles. The molecule has 1 aliphatic carbocycles. The van der Waals surface area contributed by atoms with Crippen molar-refractivity contribution in [1.29, 1.82) is 0 Å². The molecule has 0 bridgehead atoms. The average molecular weight is 520 g/mol. The van der Waals surface area contributed by atoms with Gasteiger partial charge in [0.05, 0.1) is 36.7 Å². The van der Waals surface area contributed by atoms with Gasteiger partial charge in [0, 0.05) is 30.8 Å². The molecule has 1 aromatic carbocycles. The maximum absolute atomic E-state index is 13.3. The van der Waals surface area contributed by atoms with Gasteiger partial charge in [-0.2, -0.15) is 0 Å². The van der Waals surface area contributed by atoms with Crippen molar-refractivity contribution >= 4 is 22.6 Å². The number of carbonyl (C=O) groups is 2. The molecule has 5 rings (SSSR count). The van der Waals surface area contributed by atoms with Crippen molar-refractivity contribution in [2.75, 3.05) is 33.4 Å². The predicted octanol–water partition coefficient (Wildman–Crippen LogP) is 3.96. The summed E-state index contributed by atoms with van der Waals surface area (Å²) in [6.07, 6.45) is 6.47. The predicted molar refractivity (Wildman–Crippen MR) is 145 cm³/mol. The number of hydrogen-bond donors (Lipinski definition) is 3. The highest BCUT2D eigenvalue weighted by Gasteiger charge is 2.57. The number of carbonyl (C=O) groups excluding carboxylic acids is 2. The van der Waals surface area contributed by atoms with Gasteiger partial charge in [-0.1, -0.05) is 25.1 Å². The van der Waals surface area contributed by atoms with Gasteiger partial charge in [0.25, 0.3) is 0 Å². The first-order valence-electron chi connectivity index (χ1n) is 13.6. The lowest BCUT2D eigenvalue weighted by Crippen LogP contribution is -2.37. The number of ketones is 1. The molecule has 2 fully saturated rings. The second kappa shape index (κ2) is 11.6. The highest BCUT2D eigenvalue weighted by atomic mass is 16.5. The van der Waals surface area contributed by atoms with Crippen LogP contribution in [-0.4, -0.2) is 60.1 Å². The standard InChI is InChI=1S/C29H37N5O4/c1-3-20(35)8-6-14-38-18-25(33-27(36)22-16-29(22)10-12-30-13-11-29)26-31-17-24(32-26)21-15-19-7-4-5-9-23(19)34-28(21)37-2/h4-5,7,9,15,17,22,25,30H,3,6,8,10-14,16,18H2,1-2H3,(H,31,32)(H,33,36)/t22-,25+/m1/s1. The first-order chi connectivity index (χ1) is 18.5. The number of para-hydroxylation sites is 1. The molecule has 2 atom stereocenters. The van der Waals surface area contributed by atoms with E-state index in [1.165, 1.54) is 0 Å². The van der Waals surface area contributed by atoms with Crippen LogP contribution in [0, 0.1) is 11.3 Å². The van der Waals surface area contributed by atoms with Crippen molar-refractivity contribution in [2.24, 2.45) is 11.3 Å². The topological polar surface area (TPSA) is 118 Å². The van der Waals surface area contributed by atoms with Gasteiger partial charge in [-0.05, 0) is 56.3 Å². The lowest BCUT2D eigenvalue weighted by Gasteiger charge is -2.24. The minimum Gasteiger partial charge on any atom is -0.480 e. The van der Waals surface area contributed by atoms with E-state index in [1.54, 1.807) is 13.3 Å². The van der Waals surface area contributed by atoms with Crippen LogP contribution in [-0.2, 0) is 14.3 Å². The van der Waals surface area contributed by atoms with E-state index in [4.69, 9.17) is 9.47 Å². The van der Waals surface area contributed by atoms with Crippen molar-refractivity contribution in [3.63, 3.8) is 0 Å². The summed E-state index contributed by atoms with van der Waals surface area (Å²) in [6, 6.07) is 9.47. The van der Waals surface area contributed by atoms with Gasteiger partial charge in [0.2, 0.25) is 11.8 Å². The molecule has 3 aromatic rings. The zero-order valence-corrected chi connectivity index (χ0v) is 22.2. The second-order valence-corrected chi connectivity index (χ2v) is 10.4. The van der Waals surface area contributed by atoms with Gasteiger partial charge in [-0.3, -0.25) is 9.59 Å². The molecular weight excluding hydrogens is 482 g/mol. The molecule has 1 amide bonds. The number of fused-ring (bicyclic) bond motifs is 1. The minimum absolute atomic E-state index is 0.0356. The number of H-pyrrole nitrogens is 1. The Morgan fingerprint density at radius 3 is 2.84 bits per heavy atom. The Morgan fingerprint density at radius 2 is 2.05 bits per heavy atom. The summed E-state index contributed by atoms with van der Waals surface area (Å²) in [5.74, 6) is 1.45. The number of aromatic amines is 1. The summed E-state index contributed by atoms with van der Waals surface area (Å²) >= 11 is 0. The van der Waals surface area contributed by atoms with Gasteiger partial charge in [-0.15, -0.1) is 0 Å². The Morgan fingerprint density at radius 1 is 1.24 bits per heavy atom. The molecule has 1 aliphatic heterocycles. The molecule has 2 aliphatic rings. The van der Waals surface area contributed by atoms with Crippen LogP contribution in [0.3, 0.4) is 0 Å². The quantitative estimate of drug-likeness (QED) is 0.310. The number of methoxy groups -OCH3 is 1. The maximum Gasteiger partial charge on any atom is 0.224 e. The fraction of sp³-hybridized carbons (Fsp3) is 0.517. The third kappa shape index (κ3) is 5.73. The van der Waals surface area contributed by atoms with E-state index in [0.29, 0.717) is 37.6 Å². The SMILES string of the molecule is CCC(=O)CCCOC[C@H](NC(=O)[C@H]1CC12CCNCC2)c1ncc(-c2cc3ccccc3nc2OC)[nH]1. The van der Waals surface area contributed by atoms with Crippen molar-refractivity contribution in [3.8, 4) is 17.1 Å². The van der Waals surface area contributed by atoms with Gasteiger partial charge in [0.1, 0.15) is 17.6 Å². The van der Waals surface area contributed by atoms with Crippen LogP contribution < -0.4 is 15.4 Å². The Bertz CT molecular complexity index is 1280. The molecule has 9 nitrogen and oxygen atoms in total. The second-order valence-electron chi connectivity index (χ2n) is 10.4. The smallest absolute Gasteiger partial charge is 0.224 e. The van der Waals surface area contributed by atoms with Crippen LogP contribution in [0.25, 0.3) is 22.2 Å². The summed E-state index contributed by atoms with van der Waals surface area (Å²) < 4.78 is 11.5. The number of nitrogens with one attached hydrogen (secondary N) is 3. The molecular formula is C29H37N5O4. The Balaban J connectivity index is 1.33. The zero-order chi connectivity index (χ0) is 26.5. The summed E-state index contributed by atoms with van der Waals surface area (Å²) in [7, 11) is 1.60. The first-order valence-corrected chi connectivity index (χ1v) is 13.6. The normalized spacial score (nSPS) is 18.8. The third-order valence-corrected chi connectivity index (χ3v) is 7.94. The number of pyridine rings is 1. The van der Waals surface area contributed by atoms with Crippen LogP contribution in [0.1, 0.15) is 57.3 Å². The van der Waals surface area contributed by atoms with E-state index in [2.05, 4.69) is 25.6 Å². The molecule has 38 heavy (non-hydrogen) atoms. The lowest BCUT2D eigenvalue weighted by atomic mass is 9.91. The monoisotopic (exact) mass is 519 g/mol. The van der Waals surface area contributed by atoms with Gasteiger partial charge in [-0.25, -0.2) is 9.97 Å². The highest BCUT2D eigenvalue weighted by molar-refractivity contribution is 5.85. The molecule has 1 spiro atoms. The van der Waals surface area contributed by atoms with Gasteiger partial charge in [0.15, 0.2) is 0 Å². The molecule has 9 heteroatoms. The number of rotatable bonds is 12. The van der Waals surface area contributed by atoms with Crippen LogP contribution in [0.15, 0.2) is 36.5 Å². The number of piperidine rings is 1. The number of Topliss-reactive ketones (excluding diaryl/α,β-unsaturated/α-hetero) is 1. The zero-order valence-electron chi connectivity index (χ0n) is 22.2. The van der Waals surface area contributed by atoms with E-state index >= 15 is 0 Å². The number of benzene rings is 1. The van der Waals surface area contributed by atoms with Crippen molar-refractivity contribution < 1.29 is 19.1 Å². The molecule has 202 valence electrons. The maximum atomic E-state index is 13.3. The van der Waals surface area contributed by atoms with Crippen LogP contribution in [0.4, 0.5) is 0 Å².